The molecule has 108 valence electrons. The highest BCUT2D eigenvalue weighted by Gasteiger charge is 2.40. The molecule has 5 heteroatoms. The summed E-state index contributed by atoms with van der Waals surface area (Å²) in [5, 5.41) is 0. The summed E-state index contributed by atoms with van der Waals surface area (Å²) in [5.41, 5.74) is 0. The zero-order chi connectivity index (χ0) is 13.6. The van der Waals surface area contributed by atoms with Crippen LogP contribution in [0.3, 0.4) is 0 Å². The fourth-order valence-electron chi connectivity index (χ4n) is 2.97. The van der Waals surface area contributed by atoms with Crippen LogP contribution in [0.25, 0.3) is 0 Å². The van der Waals surface area contributed by atoms with Gasteiger partial charge in [-0.25, -0.2) is 0 Å². The van der Waals surface area contributed by atoms with Crippen molar-refractivity contribution in [2.45, 2.75) is 58.4 Å². The second-order valence-corrected chi connectivity index (χ2v) is 14.1. The number of hydrogen-bond acceptors (Lipinski definition) is 3. The lowest BCUT2D eigenvalue weighted by atomic mass is 10.4. The Morgan fingerprint density at radius 3 is 2.56 bits per heavy atom. The van der Waals surface area contributed by atoms with Crippen molar-refractivity contribution in [3.63, 3.8) is 0 Å². The van der Waals surface area contributed by atoms with Crippen LogP contribution in [0.4, 0.5) is 0 Å². The molecule has 1 heterocycles. The zero-order valence-electron chi connectivity index (χ0n) is 12.9. The fraction of sp³-hybridized carbons (Fsp3) is 1.00. The Balaban J connectivity index is 2.34. The molecule has 0 aromatic carbocycles. The average Bonchev–Trinajstić information content (AvgIpc) is 2.60. The normalized spacial score (nSPS) is 25.8. The molecule has 1 rings (SSSR count). The largest absolute Gasteiger partial charge is 0.418 e. The summed E-state index contributed by atoms with van der Waals surface area (Å²) in [6, 6.07) is 2.58. The molecule has 0 N–H and O–H groups in total. The van der Waals surface area contributed by atoms with Crippen molar-refractivity contribution in [2.75, 3.05) is 26.3 Å². The summed E-state index contributed by atoms with van der Waals surface area (Å²) in [5.74, 6) is 0. The lowest BCUT2D eigenvalue weighted by molar-refractivity contribution is 0.268. The van der Waals surface area contributed by atoms with Crippen LogP contribution >= 0.6 is 0 Å². The molecule has 0 radical (unpaired) electrons. The van der Waals surface area contributed by atoms with Crippen LogP contribution in [0.5, 0.6) is 0 Å². The standard InChI is InChI=1S/C13H31NO2Si2/c1-6-15-17(3,4)12-8-10-14-11-9-13-18(14,5)16-7-2/h6-13H2,1-5H3. The van der Waals surface area contributed by atoms with Gasteiger partial charge in [-0.1, -0.05) is 0 Å². The third kappa shape index (κ3) is 4.77. The van der Waals surface area contributed by atoms with Crippen LogP contribution in [0.2, 0.25) is 31.7 Å². The van der Waals surface area contributed by atoms with Gasteiger partial charge >= 0.3 is 0 Å². The van der Waals surface area contributed by atoms with E-state index in [4.69, 9.17) is 8.85 Å². The van der Waals surface area contributed by atoms with E-state index in [0.717, 1.165) is 13.2 Å². The molecule has 1 aliphatic heterocycles. The highest BCUT2D eigenvalue weighted by Crippen LogP contribution is 2.27. The molecular formula is C13H31NO2Si2. The molecule has 1 saturated heterocycles. The second kappa shape index (κ2) is 7.19. The van der Waals surface area contributed by atoms with Gasteiger partial charge in [-0.3, -0.25) is 0 Å². The first-order valence-corrected chi connectivity index (χ1v) is 13.1. The van der Waals surface area contributed by atoms with E-state index in [1.165, 1.54) is 38.0 Å². The first kappa shape index (κ1) is 16.4. The molecule has 0 aliphatic carbocycles. The number of rotatable bonds is 8. The molecule has 0 bridgehead atoms. The minimum atomic E-state index is -1.52. The molecule has 3 nitrogen and oxygen atoms in total. The maximum absolute atomic E-state index is 6.08. The molecule has 1 fully saturated rings. The van der Waals surface area contributed by atoms with E-state index in [0.29, 0.717) is 0 Å². The summed E-state index contributed by atoms with van der Waals surface area (Å²) in [6.07, 6.45) is 2.60. The summed E-state index contributed by atoms with van der Waals surface area (Å²) in [4.78, 5) is 0. The van der Waals surface area contributed by atoms with E-state index < -0.39 is 16.8 Å². The maximum Gasteiger partial charge on any atom is 0.268 e. The van der Waals surface area contributed by atoms with Crippen molar-refractivity contribution in [1.29, 1.82) is 0 Å². The minimum Gasteiger partial charge on any atom is -0.418 e. The van der Waals surface area contributed by atoms with Gasteiger partial charge in [0, 0.05) is 13.2 Å². The Bertz CT molecular complexity index is 251. The Morgan fingerprint density at radius 2 is 1.94 bits per heavy atom. The van der Waals surface area contributed by atoms with E-state index in [9.17, 15) is 0 Å². The van der Waals surface area contributed by atoms with Crippen molar-refractivity contribution in [3.05, 3.63) is 0 Å². The third-order valence-electron chi connectivity index (χ3n) is 3.93. The maximum atomic E-state index is 6.08. The van der Waals surface area contributed by atoms with Gasteiger partial charge in [0.15, 0.2) is 8.32 Å². The Hall–Kier alpha value is 0.314. The van der Waals surface area contributed by atoms with Crippen molar-refractivity contribution >= 4 is 16.8 Å². The monoisotopic (exact) mass is 289 g/mol. The van der Waals surface area contributed by atoms with Crippen LogP contribution in [0.15, 0.2) is 0 Å². The molecule has 0 spiro atoms. The lowest BCUT2D eigenvalue weighted by Crippen LogP contribution is -2.49. The predicted molar refractivity (Wildman–Crippen MR) is 82.8 cm³/mol. The molecule has 0 amide bonds. The van der Waals surface area contributed by atoms with Gasteiger partial charge in [-0.15, -0.1) is 0 Å². The highest BCUT2D eigenvalue weighted by molar-refractivity contribution is 6.71. The Kier molecular flexibility index (Phi) is 6.54. The minimum absolute atomic E-state index is 0.869. The third-order valence-corrected chi connectivity index (χ3v) is 10.5. The molecule has 1 unspecified atom stereocenters. The molecule has 18 heavy (non-hydrogen) atoms. The summed E-state index contributed by atoms with van der Waals surface area (Å²) in [7, 11) is -2.91. The predicted octanol–water partition coefficient (Wildman–Crippen LogP) is 3.43. The first-order valence-electron chi connectivity index (χ1n) is 7.46. The number of nitrogens with zero attached hydrogens (tertiary/aromatic N) is 1. The summed E-state index contributed by atoms with van der Waals surface area (Å²) >= 11 is 0. The van der Waals surface area contributed by atoms with Crippen molar-refractivity contribution in [1.82, 2.24) is 4.57 Å². The number of hydrogen-bond donors (Lipinski definition) is 0. The van der Waals surface area contributed by atoms with Crippen LogP contribution in [-0.4, -0.2) is 47.7 Å². The van der Waals surface area contributed by atoms with Gasteiger partial charge in [-0.2, -0.15) is 0 Å². The Labute approximate surface area is 115 Å². The van der Waals surface area contributed by atoms with Gasteiger partial charge in [0.05, 0.1) is 0 Å². The molecule has 0 saturated carbocycles. The summed E-state index contributed by atoms with van der Waals surface area (Å²) < 4.78 is 14.6. The molecule has 1 atom stereocenters. The van der Waals surface area contributed by atoms with Gasteiger partial charge in [0.25, 0.3) is 8.48 Å². The van der Waals surface area contributed by atoms with Gasteiger partial charge < -0.3 is 13.4 Å². The second-order valence-electron chi connectivity index (χ2n) is 5.99. The first-order chi connectivity index (χ1) is 8.43. The van der Waals surface area contributed by atoms with Crippen LogP contribution < -0.4 is 0 Å². The highest BCUT2D eigenvalue weighted by atomic mass is 28.4. The van der Waals surface area contributed by atoms with Crippen molar-refractivity contribution in [2.24, 2.45) is 0 Å². The van der Waals surface area contributed by atoms with Gasteiger partial charge in [-0.05, 0) is 71.5 Å². The lowest BCUT2D eigenvalue weighted by Gasteiger charge is -2.33. The fourth-order valence-corrected chi connectivity index (χ4v) is 8.25. The zero-order valence-corrected chi connectivity index (χ0v) is 14.9. The molecule has 0 aromatic rings. The molecule has 0 aromatic heterocycles. The van der Waals surface area contributed by atoms with E-state index >= 15 is 0 Å². The van der Waals surface area contributed by atoms with Crippen molar-refractivity contribution < 1.29 is 8.85 Å². The average molecular weight is 290 g/mol. The quantitative estimate of drug-likeness (QED) is 0.639. The van der Waals surface area contributed by atoms with Gasteiger partial charge in [0.2, 0.25) is 0 Å². The molecule has 1 aliphatic rings. The summed E-state index contributed by atoms with van der Waals surface area (Å²) in [6.45, 7) is 15.5. The van der Waals surface area contributed by atoms with E-state index in [-0.39, 0.29) is 0 Å². The van der Waals surface area contributed by atoms with Gasteiger partial charge in [0.1, 0.15) is 0 Å². The smallest absolute Gasteiger partial charge is 0.268 e. The van der Waals surface area contributed by atoms with E-state index in [1.54, 1.807) is 0 Å². The van der Waals surface area contributed by atoms with E-state index in [2.05, 4.69) is 38.1 Å². The topological polar surface area (TPSA) is 21.7 Å². The van der Waals surface area contributed by atoms with Crippen LogP contribution in [-0.2, 0) is 8.85 Å². The van der Waals surface area contributed by atoms with E-state index in [1.807, 2.05) is 0 Å². The van der Waals surface area contributed by atoms with Crippen molar-refractivity contribution in [3.8, 4) is 0 Å². The van der Waals surface area contributed by atoms with Crippen LogP contribution in [0.1, 0.15) is 26.7 Å². The SMILES string of the molecule is CCO[Si](C)(C)CCCN1CCC[Si]1(C)OCC. The van der Waals surface area contributed by atoms with Crippen LogP contribution in [0, 0.1) is 0 Å². The molecular weight excluding hydrogens is 258 g/mol. The Morgan fingerprint density at radius 1 is 1.22 bits per heavy atom.